The van der Waals surface area contributed by atoms with Crippen LogP contribution in [-0.2, 0) is 27.0 Å². The van der Waals surface area contributed by atoms with Crippen LogP contribution in [0.1, 0.15) is 37.4 Å². The molecular weight excluding hydrogens is 456 g/mol. The maximum Gasteiger partial charge on any atom is 0.269 e. The molecule has 1 unspecified atom stereocenters. The van der Waals surface area contributed by atoms with Gasteiger partial charge in [0.1, 0.15) is 5.75 Å². The summed E-state index contributed by atoms with van der Waals surface area (Å²) in [6.45, 7) is 0. The number of ketones is 2. The molecule has 9 nitrogen and oxygen atoms in total. The summed E-state index contributed by atoms with van der Waals surface area (Å²) in [7, 11) is -4.50. The molecule has 0 spiro atoms. The van der Waals surface area contributed by atoms with E-state index in [0.29, 0.717) is 5.69 Å². The van der Waals surface area contributed by atoms with Gasteiger partial charge in [-0.3, -0.25) is 14.1 Å². The molecule has 0 heterocycles. The summed E-state index contributed by atoms with van der Waals surface area (Å²) in [6.07, 6.45) is 0. The predicted octanol–water partition coefficient (Wildman–Crippen LogP) is 2.76. The highest BCUT2D eigenvalue weighted by Crippen LogP contribution is 2.39. The van der Waals surface area contributed by atoms with E-state index < -0.39 is 38.5 Å². The number of nitrogen functional groups attached to an aromatic ring is 1. The van der Waals surface area contributed by atoms with Gasteiger partial charge in [-0.1, -0.05) is 30.3 Å². The number of rotatable bonds is 5. The van der Waals surface area contributed by atoms with Crippen molar-refractivity contribution in [2.24, 2.45) is 0 Å². The minimum Gasteiger partial charge on any atom is -0.398 e. The third-order valence-electron chi connectivity index (χ3n) is 4.98. The summed E-state index contributed by atoms with van der Waals surface area (Å²) in [5.74, 6) is -1.92. The Labute approximate surface area is 185 Å². The molecule has 5 N–H and O–H groups in total. The molecule has 164 valence electrons. The van der Waals surface area contributed by atoms with Gasteiger partial charge in [0.15, 0.2) is 22.6 Å². The van der Waals surface area contributed by atoms with Gasteiger partial charge in [0.05, 0.1) is 21.7 Å². The zero-order chi connectivity index (χ0) is 23.2. The van der Waals surface area contributed by atoms with Crippen LogP contribution in [0.2, 0.25) is 0 Å². The Balaban J connectivity index is 1.96. The summed E-state index contributed by atoms with van der Waals surface area (Å²) in [5.41, 5.74) is 6.26. The Morgan fingerprint density at radius 2 is 1.56 bits per heavy atom. The number of carbonyl (C=O) groups is 2. The van der Waals surface area contributed by atoms with Crippen LogP contribution in [0.15, 0.2) is 59.5 Å². The first kappa shape index (κ1) is 21.8. The zero-order valence-electron chi connectivity index (χ0n) is 16.2. The number of hydrogen-bond donors (Lipinski definition) is 4. The van der Waals surface area contributed by atoms with E-state index in [1.165, 1.54) is 36.4 Å². The molecule has 11 heteroatoms. The molecule has 0 saturated heterocycles. The molecule has 1 aliphatic rings. The molecule has 3 aromatic carbocycles. The van der Waals surface area contributed by atoms with E-state index in [0.717, 1.165) is 0 Å². The maximum atomic E-state index is 13.3. The fraction of sp³-hybridized carbons (Fsp3) is 0.0476. The van der Waals surface area contributed by atoms with Crippen molar-refractivity contribution in [2.45, 2.75) is 10.6 Å². The molecule has 0 bridgehead atoms. The predicted molar refractivity (Wildman–Crippen MR) is 118 cm³/mol. The zero-order valence-corrected chi connectivity index (χ0v) is 17.9. The Kier molecular flexibility index (Phi) is 5.42. The van der Waals surface area contributed by atoms with Gasteiger partial charge in [0.2, 0.25) is 0 Å². The quantitative estimate of drug-likeness (QED) is 0.194. The summed E-state index contributed by atoms with van der Waals surface area (Å²) < 4.78 is 53.1. The van der Waals surface area contributed by atoms with Gasteiger partial charge in [-0.2, -0.15) is 8.42 Å². The smallest absolute Gasteiger partial charge is 0.269 e. The molecule has 1 aliphatic carbocycles. The third kappa shape index (κ3) is 3.94. The van der Waals surface area contributed by atoms with Gasteiger partial charge in [-0.15, -0.1) is 0 Å². The topological polar surface area (TPSA) is 164 Å². The average molecular weight is 473 g/mol. The number of nitrogens with one attached hydrogen (secondary N) is 1. The first-order valence-corrected chi connectivity index (χ1v) is 11.9. The minimum absolute atomic E-state index is 0.0548. The van der Waals surface area contributed by atoms with Crippen molar-refractivity contribution < 1.29 is 31.3 Å². The summed E-state index contributed by atoms with van der Waals surface area (Å²) in [4.78, 5) is 26.6. The largest absolute Gasteiger partial charge is 0.398 e. The molecule has 0 radical (unpaired) electrons. The number of fused-ring (bicyclic) bond motifs is 2. The Morgan fingerprint density at radius 1 is 0.938 bits per heavy atom. The highest BCUT2D eigenvalue weighted by atomic mass is 32.2. The van der Waals surface area contributed by atoms with Gasteiger partial charge < -0.3 is 15.6 Å². The standard InChI is InChI=1S/C21H16N2O7S2/c22-19-11(10-32(28,29)30)8-16(23-12-4-3-5-13(9-12)31(26)27)17-18(19)21(25)15-7-2-1-6-14(15)20(17)24/h1-9,23H,10,22H2,(H,26,27)(H,28,29,30). The van der Waals surface area contributed by atoms with Crippen LogP contribution in [0.4, 0.5) is 17.1 Å². The lowest BCUT2D eigenvalue weighted by atomic mass is 9.81. The van der Waals surface area contributed by atoms with Gasteiger partial charge in [0.25, 0.3) is 10.1 Å². The third-order valence-corrected chi connectivity index (χ3v) is 6.31. The van der Waals surface area contributed by atoms with E-state index in [-0.39, 0.29) is 44.1 Å². The molecule has 0 fully saturated rings. The lowest BCUT2D eigenvalue weighted by Gasteiger charge is -2.24. The molecule has 0 amide bonds. The van der Waals surface area contributed by atoms with Crippen molar-refractivity contribution in [1.82, 2.24) is 0 Å². The van der Waals surface area contributed by atoms with Crippen LogP contribution >= 0.6 is 0 Å². The second-order valence-corrected chi connectivity index (χ2v) is 9.50. The van der Waals surface area contributed by atoms with E-state index in [2.05, 4.69) is 5.32 Å². The summed E-state index contributed by atoms with van der Waals surface area (Å²) >= 11 is -2.26. The van der Waals surface area contributed by atoms with Crippen molar-refractivity contribution in [3.63, 3.8) is 0 Å². The average Bonchev–Trinajstić information content (AvgIpc) is 2.73. The number of nitrogens with two attached hydrogens (primary N) is 1. The van der Waals surface area contributed by atoms with Crippen LogP contribution < -0.4 is 11.1 Å². The van der Waals surface area contributed by atoms with Crippen LogP contribution in [0.25, 0.3) is 0 Å². The van der Waals surface area contributed by atoms with Gasteiger partial charge >= 0.3 is 0 Å². The van der Waals surface area contributed by atoms with Crippen LogP contribution in [0.3, 0.4) is 0 Å². The highest BCUT2D eigenvalue weighted by molar-refractivity contribution is 7.85. The highest BCUT2D eigenvalue weighted by Gasteiger charge is 2.35. The van der Waals surface area contributed by atoms with E-state index in [4.69, 9.17) is 5.73 Å². The number of carbonyl (C=O) groups excluding carboxylic acids is 2. The fourth-order valence-electron chi connectivity index (χ4n) is 3.63. The number of hydrogen-bond acceptors (Lipinski definition) is 7. The molecule has 32 heavy (non-hydrogen) atoms. The Bertz CT molecular complexity index is 1430. The molecule has 1 atom stereocenters. The van der Waals surface area contributed by atoms with Gasteiger partial charge in [-0.05, 0) is 29.8 Å². The SMILES string of the molecule is Nc1c(CS(=O)(=O)O)cc(Nc2cccc(S(=O)O)c2)c2c1C(=O)c1ccccc1C2=O. The van der Waals surface area contributed by atoms with Gasteiger partial charge in [0, 0.05) is 22.5 Å². The van der Waals surface area contributed by atoms with Crippen molar-refractivity contribution >= 4 is 49.8 Å². The van der Waals surface area contributed by atoms with Crippen molar-refractivity contribution in [3.05, 3.63) is 82.4 Å². The second-order valence-electron chi connectivity index (χ2n) is 7.08. The van der Waals surface area contributed by atoms with E-state index in [1.54, 1.807) is 18.2 Å². The normalized spacial score (nSPS) is 13.9. The Morgan fingerprint density at radius 3 is 2.16 bits per heavy atom. The molecule has 3 aromatic rings. The van der Waals surface area contributed by atoms with Crippen LogP contribution in [-0.4, -0.2) is 33.3 Å². The van der Waals surface area contributed by atoms with Crippen LogP contribution in [0.5, 0.6) is 0 Å². The summed E-state index contributed by atoms with van der Waals surface area (Å²) in [5, 5.41) is 2.91. The minimum atomic E-state index is -4.50. The van der Waals surface area contributed by atoms with E-state index in [1.807, 2.05) is 0 Å². The van der Waals surface area contributed by atoms with Crippen LogP contribution in [0, 0.1) is 0 Å². The first-order chi connectivity index (χ1) is 15.1. The number of anilines is 3. The molecule has 4 rings (SSSR count). The van der Waals surface area contributed by atoms with E-state index >= 15 is 0 Å². The monoisotopic (exact) mass is 472 g/mol. The second kappa shape index (κ2) is 7.95. The maximum absolute atomic E-state index is 13.3. The van der Waals surface area contributed by atoms with Crippen molar-refractivity contribution in [3.8, 4) is 0 Å². The molecular formula is C21H16N2O7S2. The lowest BCUT2D eigenvalue weighted by molar-refractivity contribution is 0.0980. The van der Waals surface area contributed by atoms with Gasteiger partial charge in [-0.25, -0.2) is 4.21 Å². The van der Waals surface area contributed by atoms with Crippen molar-refractivity contribution in [2.75, 3.05) is 11.1 Å². The summed E-state index contributed by atoms with van der Waals surface area (Å²) in [6, 6.07) is 13.3. The Hall–Kier alpha value is -3.38. The molecule has 0 saturated carbocycles. The number of benzene rings is 3. The fourth-order valence-corrected chi connectivity index (χ4v) is 4.68. The molecule has 0 aromatic heterocycles. The lowest BCUT2D eigenvalue weighted by Crippen LogP contribution is -2.25. The molecule has 0 aliphatic heterocycles. The van der Waals surface area contributed by atoms with Crippen molar-refractivity contribution in [1.29, 1.82) is 0 Å². The first-order valence-electron chi connectivity index (χ1n) is 9.13. The van der Waals surface area contributed by atoms with E-state index in [9.17, 15) is 31.3 Å².